The summed E-state index contributed by atoms with van der Waals surface area (Å²) < 4.78 is 5.79. The SMILES string of the molecule is O=C(NCCCN1CCC(C2CCCCC2)CC1)c1ccc(Oc2ccccc2)cc1. The molecule has 166 valence electrons. The lowest BCUT2D eigenvalue weighted by Gasteiger charge is -2.37. The van der Waals surface area contributed by atoms with E-state index in [2.05, 4.69) is 10.2 Å². The molecule has 1 amide bonds. The van der Waals surface area contributed by atoms with Crippen LogP contribution in [0.1, 0.15) is 61.7 Å². The summed E-state index contributed by atoms with van der Waals surface area (Å²) in [5.74, 6) is 3.48. The summed E-state index contributed by atoms with van der Waals surface area (Å²) in [6.45, 7) is 4.28. The third kappa shape index (κ3) is 6.57. The van der Waals surface area contributed by atoms with Crippen LogP contribution in [0.2, 0.25) is 0 Å². The van der Waals surface area contributed by atoms with Gasteiger partial charge in [-0.25, -0.2) is 0 Å². The van der Waals surface area contributed by atoms with E-state index in [0.717, 1.165) is 42.8 Å². The minimum atomic E-state index is -0.0118. The van der Waals surface area contributed by atoms with Gasteiger partial charge >= 0.3 is 0 Å². The normalized spacial score (nSPS) is 18.6. The highest BCUT2D eigenvalue weighted by atomic mass is 16.5. The number of para-hydroxylation sites is 1. The Labute approximate surface area is 187 Å². The van der Waals surface area contributed by atoms with Gasteiger partial charge in [0.1, 0.15) is 11.5 Å². The highest BCUT2D eigenvalue weighted by Gasteiger charge is 2.27. The van der Waals surface area contributed by atoms with Crippen molar-refractivity contribution in [1.82, 2.24) is 10.2 Å². The number of piperidine rings is 1. The second kappa shape index (κ2) is 11.3. The number of nitrogens with one attached hydrogen (secondary N) is 1. The topological polar surface area (TPSA) is 41.6 Å². The number of rotatable bonds is 8. The maximum Gasteiger partial charge on any atom is 0.251 e. The van der Waals surface area contributed by atoms with Crippen LogP contribution in [0.3, 0.4) is 0 Å². The zero-order valence-corrected chi connectivity index (χ0v) is 18.6. The minimum absolute atomic E-state index is 0.0118. The Kier molecular flexibility index (Phi) is 8.00. The number of nitrogens with zero attached hydrogens (tertiary/aromatic N) is 1. The van der Waals surface area contributed by atoms with E-state index in [1.54, 1.807) is 0 Å². The lowest BCUT2D eigenvalue weighted by atomic mass is 9.76. The van der Waals surface area contributed by atoms with Gasteiger partial charge < -0.3 is 15.0 Å². The van der Waals surface area contributed by atoms with Crippen LogP contribution in [-0.2, 0) is 0 Å². The number of likely N-dealkylation sites (tertiary alicyclic amines) is 1. The highest BCUT2D eigenvalue weighted by molar-refractivity contribution is 5.94. The zero-order valence-electron chi connectivity index (χ0n) is 18.6. The van der Waals surface area contributed by atoms with Gasteiger partial charge in [0.25, 0.3) is 5.91 Å². The predicted octanol–water partition coefficient (Wildman–Crippen LogP) is 5.89. The molecular weight excluding hydrogens is 384 g/mol. The number of carbonyl (C=O) groups excluding carboxylic acids is 1. The van der Waals surface area contributed by atoms with Crippen LogP contribution in [0.5, 0.6) is 11.5 Å². The van der Waals surface area contributed by atoms with Gasteiger partial charge in [0.2, 0.25) is 0 Å². The largest absolute Gasteiger partial charge is 0.457 e. The molecule has 0 bridgehead atoms. The maximum absolute atomic E-state index is 12.4. The van der Waals surface area contributed by atoms with E-state index < -0.39 is 0 Å². The highest BCUT2D eigenvalue weighted by Crippen LogP contribution is 2.35. The molecule has 1 heterocycles. The van der Waals surface area contributed by atoms with Gasteiger partial charge in [0, 0.05) is 12.1 Å². The lowest BCUT2D eigenvalue weighted by Crippen LogP contribution is -2.38. The summed E-state index contributed by atoms with van der Waals surface area (Å²) in [6, 6.07) is 17.0. The van der Waals surface area contributed by atoms with Gasteiger partial charge in [-0.3, -0.25) is 4.79 Å². The summed E-state index contributed by atoms with van der Waals surface area (Å²) in [7, 11) is 0. The van der Waals surface area contributed by atoms with E-state index in [-0.39, 0.29) is 5.91 Å². The van der Waals surface area contributed by atoms with Crippen LogP contribution in [0.25, 0.3) is 0 Å². The third-order valence-electron chi connectivity index (χ3n) is 6.98. The molecule has 4 heteroatoms. The monoisotopic (exact) mass is 420 g/mol. The second-order valence-corrected chi connectivity index (χ2v) is 9.13. The first kappa shape index (κ1) is 21.9. The van der Waals surface area contributed by atoms with Crippen molar-refractivity contribution in [2.24, 2.45) is 11.8 Å². The van der Waals surface area contributed by atoms with E-state index >= 15 is 0 Å². The van der Waals surface area contributed by atoms with E-state index in [1.165, 1.54) is 58.0 Å². The van der Waals surface area contributed by atoms with Crippen LogP contribution >= 0.6 is 0 Å². The Bertz CT molecular complexity index is 792. The Hall–Kier alpha value is -2.33. The molecule has 31 heavy (non-hydrogen) atoms. The summed E-state index contributed by atoms with van der Waals surface area (Å²) in [5.41, 5.74) is 0.675. The Morgan fingerprint density at radius 1 is 0.839 bits per heavy atom. The van der Waals surface area contributed by atoms with Crippen molar-refractivity contribution in [2.45, 2.75) is 51.4 Å². The number of amides is 1. The molecule has 0 radical (unpaired) electrons. The fourth-order valence-corrected chi connectivity index (χ4v) is 5.16. The van der Waals surface area contributed by atoms with Crippen LogP contribution in [0.15, 0.2) is 54.6 Å². The van der Waals surface area contributed by atoms with E-state index in [1.807, 2.05) is 54.6 Å². The molecular formula is C27H36N2O2. The van der Waals surface area contributed by atoms with Crippen molar-refractivity contribution in [3.05, 3.63) is 60.2 Å². The van der Waals surface area contributed by atoms with Crippen molar-refractivity contribution >= 4 is 5.91 Å². The van der Waals surface area contributed by atoms with Crippen molar-refractivity contribution in [3.8, 4) is 11.5 Å². The second-order valence-electron chi connectivity index (χ2n) is 9.13. The van der Waals surface area contributed by atoms with Crippen molar-refractivity contribution in [1.29, 1.82) is 0 Å². The molecule has 1 N–H and O–H groups in total. The van der Waals surface area contributed by atoms with Gasteiger partial charge in [0.05, 0.1) is 0 Å². The quantitative estimate of drug-likeness (QED) is 0.541. The first-order chi connectivity index (χ1) is 15.3. The number of hydrogen-bond acceptors (Lipinski definition) is 3. The molecule has 0 aromatic heterocycles. The summed E-state index contributed by atoms with van der Waals surface area (Å²) in [6.07, 6.45) is 11.0. The average molecular weight is 421 g/mol. The van der Waals surface area contributed by atoms with E-state index in [4.69, 9.17) is 4.74 Å². The molecule has 4 nitrogen and oxygen atoms in total. The van der Waals surface area contributed by atoms with Crippen LogP contribution < -0.4 is 10.1 Å². The number of hydrogen-bond donors (Lipinski definition) is 1. The minimum Gasteiger partial charge on any atom is -0.457 e. The molecule has 1 saturated carbocycles. The molecule has 2 aromatic rings. The van der Waals surface area contributed by atoms with Gasteiger partial charge in [0.15, 0.2) is 0 Å². The summed E-state index contributed by atoms with van der Waals surface area (Å²) in [4.78, 5) is 15.0. The molecule has 1 saturated heterocycles. The van der Waals surface area contributed by atoms with E-state index in [9.17, 15) is 4.79 Å². The van der Waals surface area contributed by atoms with E-state index in [0.29, 0.717) is 5.56 Å². The molecule has 2 aromatic carbocycles. The molecule has 1 aliphatic carbocycles. The standard InChI is InChI=1S/C27H36N2O2/c30-27(24-12-14-26(15-13-24)31-25-10-5-2-6-11-25)28-18-7-19-29-20-16-23(17-21-29)22-8-3-1-4-9-22/h2,5-6,10-15,22-23H,1,3-4,7-9,16-21H2,(H,28,30). The summed E-state index contributed by atoms with van der Waals surface area (Å²) in [5, 5.41) is 3.06. The Morgan fingerprint density at radius 3 is 2.19 bits per heavy atom. The lowest BCUT2D eigenvalue weighted by molar-refractivity contribution is 0.0947. The molecule has 1 aliphatic heterocycles. The van der Waals surface area contributed by atoms with Crippen molar-refractivity contribution < 1.29 is 9.53 Å². The first-order valence-electron chi connectivity index (χ1n) is 12.1. The van der Waals surface area contributed by atoms with Crippen molar-refractivity contribution in [2.75, 3.05) is 26.2 Å². The van der Waals surface area contributed by atoms with Gasteiger partial charge in [-0.1, -0.05) is 50.3 Å². The molecule has 2 aliphatic rings. The molecule has 0 atom stereocenters. The summed E-state index contributed by atoms with van der Waals surface area (Å²) >= 11 is 0. The fraction of sp³-hybridized carbons (Fsp3) is 0.519. The number of ether oxygens (including phenoxy) is 1. The van der Waals surface area contributed by atoms with Gasteiger partial charge in [-0.15, -0.1) is 0 Å². The first-order valence-corrected chi connectivity index (χ1v) is 12.1. The molecule has 4 rings (SSSR count). The van der Waals surface area contributed by atoms with Crippen LogP contribution in [-0.4, -0.2) is 37.0 Å². The van der Waals surface area contributed by atoms with Gasteiger partial charge in [-0.05, 0) is 87.1 Å². The van der Waals surface area contributed by atoms with Crippen LogP contribution in [0, 0.1) is 11.8 Å². The molecule has 0 unspecified atom stereocenters. The maximum atomic E-state index is 12.4. The Balaban J connectivity index is 1.12. The number of benzene rings is 2. The Morgan fingerprint density at radius 2 is 1.48 bits per heavy atom. The number of carbonyl (C=O) groups is 1. The third-order valence-corrected chi connectivity index (χ3v) is 6.98. The molecule has 2 fully saturated rings. The van der Waals surface area contributed by atoms with Gasteiger partial charge in [-0.2, -0.15) is 0 Å². The average Bonchev–Trinajstić information content (AvgIpc) is 2.84. The predicted molar refractivity (Wildman–Crippen MR) is 126 cm³/mol. The fourth-order valence-electron chi connectivity index (χ4n) is 5.16. The molecule has 0 spiro atoms. The smallest absolute Gasteiger partial charge is 0.251 e. The zero-order chi connectivity index (χ0) is 21.3. The van der Waals surface area contributed by atoms with Crippen LogP contribution in [0.4, 0.5) is 0 Å². The van der Waals surface area contributed by atoms with Crippen molar-refractivity contribution in [3.63, 3.8) is 0 Å².